The van der Waals surface area contributed by atoms with Crippen LogP contribution in [-0.4, -0.2) is 58.2 Å². The Balaban J connectivity index is 1.69. The standard InChI is InChI=1S/C21H26FN3O3S/c1-16-4-9-20(17(2)14-16)25(29(3,27)28)15-21(26)24-12-10-23(11-13-24)19-7-5-18(22)6-8-19/h4-9,14H,10-13,15H2,1-3H3. The number of benzene rings is 2. The third kappa shape index (κ3) is 5.06. The van der Waals surface area contributed by atoms with Crippen LogP contribution in [0.2, 0.25) is 0 Å². The fourth-order valence-electron chi connectivity index (χ4n) is 3.56. The Kier molecular flexibility index (Phi) is 6.12. The highest BCUT2D eigenvalue weighted by Gasteiger charge is 2.27. The molecule has 0 radical (unpaired) electrons. The van der Waals surface area contributed by atoms with E-state index >= 15 is 0 Å². The molecule has 3 rings (SSSR count). The summed E-state index contributed by atoms with van der Waals surface area (Å²) in [5.74, 6) is -0.510. The Morgan fingerprint density at radius 3 is 2.21 bits per heavy atom. The van der Waals surface area contributed by atoms with Crippen LogP contribution in [0.15, 0.2) is 42.5 Å². The molecule has 2 aromatic carbocycles. The summed E-state index contributed by atoms with van der Waals surface area (Å²) in [6, 6.07) is 11.8. The van der Waals surface area contributed by atoms with E-state index in [4.69, 9.17) is 0 Å². The van der Waals surface area contributed by atoms with Crippen LogP contribution in [0.3, 0.4) is 0 Å². The molecule has 0 saturated carbocycles. The normalized spacial score (nSPS) is 14.8. The minimum absolute atomic E-state index is 0.223. The Morgan fingerprint density at radius 2 is 1.66 bits per heavy atom. The molecule has 1 aliphatic rings. The lowest BCUT2D eigenvalue weighted by Gasteiger charge is -2.37. The van der Waals surface area contributed by atoms with Crippen molar-refractivity contribution >= 4 is 27.3 Å². The van der Waals surface area contributed by atoms with Crippen molar-refractivity contribution in [3.8, 4) is 0 Å². The number of amides is 1. The first-order valence-corrected chi connectivity index (χ1v) is 11.3. The van der Waals surface area contributed by atoms with E-state index in [1.54, 1.807) is 23.1 Å². The van der Waals surface area contributed by atoms with Gasteiger partial charge in [0.1, 0.15) is 12.4 Å². The van der Waals surface area contributed by atoms with Crippen LogP contribution in [0.1, 0.15) is 11.1 Å². The molecule has 0 bridgehead atoms. The van der Waals surface area contributed by atoms with Gasteiger partial charge in [0.15, 0.2) is 0 Å². The fraction of sp³-hybridized carbons (Fsp3) is 0.381. The summed E-state index contributed by atoms with van der Waals surface area (Å²) in [4.78, 5) is 16.6. The molecule has 0 spiro atoms. The third-order valence-electron chi connectivity index (χ3n) is 5.12. The van der Waals surface area contributed by atoms with E-state index in [9.17, 15) is 17.6 Å². The lowest BCUT2D eigenvalue weighted by Crippen LogP contribution is -2.52. The quantitative estimate of drug-likeness (QED) is 0.747. The van der Waals surface area contributed by atoms with Crippen LogP contribution < -0.4 is 9.21 Å². The maximum Gasteiger partial charge on any atom is 0.243 e. The zero-order valence-corrected chi connectivity index (χ0v) is 17.7. The van der Waals surface area contributed by atoms with Crippen LogP contribution in [0.25, 0.3) is 0 Å². The average Bonchev–Trinajstić information content (AvgIpc) is 2.66. The molecule has 8 heteroatoms. The van der Waals surface area contributed by atoms with Gasteiger partial charge in [-0.15, -0.1) is 0 Å². The zero-order valence-electron chi connectivity index (χ0n) is 16.9. The van der Waals surface area contributed by atoms with E-state index in [0.29, 0.717) is 31.9 Å². The van der Waals surface area contributed by atoms with Crippen LogP contribution in [0.5, 0.6) is 0 Å². The van der Waals surface area contributed by atoms with Crippen molar-refractivity contribution in [2.75, 3.05) is 48.2 Å². The maximum absolute atomic E-state index is 13.1. The monoisotopic (exact) mass is 419 g/mol. The van der Waals surface area contributed by atoms with Gasteiger partial charge in [-0.2, -0.15) is 0 Å². The number of hydrogen-bond acceptors (Lipinski definition) is 4. The Morgan fingerprint density at radius 1 is 1.03 bits per heavy atom. The minimum Gasteiger partial charge on any atom is -0.368 e. The van der Waals surface area contributed by atoms with E-state index in [1.807, 2.05) is 26.0 Å². The number of halogens is 1. The van der Waals surface area contributed by atoms with Gasteiger partial charge < -0.3 is 9.80 Å². The molecule has 1 amide bonds. The van der Waals surface area contributed by atoms with E-state index in [-0.39, 0.29) is 18.3 Å². The SMILES string of the molecule is Cc1ccc(N(CC(=O)N2CCN(c3ccc(F)cc3)CC2)S(C)(=O)=O)c(C)c1. The smallest absolute Gasteiger partial charge is 0.243 e. The Labute approximate surface area is 171 Å². The first-order valence-electron chi connectivity index (χ1n) is 9.48. The average molecular weight is 420 g/mol. The van der Waals surface area contributed by atoms with Crippen molar-refractivity contribution in [2.45, 2.75) is 13.8 Å². The fourth-order valence-corrected chi connectivity index (χ4v) is 4.46. The number of aryl methyl sites for hydroxylation is 2. The number of anilines is 2. The molecular formula is C21H26FN3O3S. The summed E-state index contributed by atoms with van der Waals surface area (Å²) < 4.78 is 39.0. The van der Waals surface area contributed by atoms with Crippen molar-refractivity contribution in [3.63, 3.8) is 0 Å². The molecule has 1 saturated heterocycles. The summed E-state index contributed by atoms with van der Waals surface area (Å²) in [6.07, 6.45) is 1.12. The predicted octanol–water partition coefficient (Wildman–Crippen LogP) is 2.56. The second kappa shape index (κ2) is 8.41. The molecule has 0 N–H and O–H groups in total. The molecule has 29 heavy (non-hydrogen) atoms. The van der Waals surface area contributed by atoms with Gasteiger partial charge in [0.2, 0.25) is 15.9 Å². The summed E-state index contributed by atoms with van der Waals surface area (Å²) in [5, 5.41) is 0. The molecule has 0 aliphatic carbocycles. The molecule has 0 atom stereocenters. The first kappa shape index (κ1) is 21.1. The van der Waals surface area contributed by atoms with E-state index in [1.165, 1.54) is 16.4 Å². The van der Waals surface area contributed by atoms with Crippen molar-refractivity contribution in [1.82, 2.24) is 4.90 Å². The largest absolute Gasteiger partial charge is 0.368 e. The lowest BCUT2D eigenvalue weighted by molar-refractivity contribution is -0.129. The van der Waals surface area contributed by atoms with Crippen LogP contribution in [0, 0.1) is 19.7 Å². The van der Waals surface area contributed by atoms with Gasteiger partial charge in [0.05, 0.1) is 11.9 Å². The van der Waals surface area contributed by atoms with Crippen LogP contribution in [-0.2, 0) is 14.8 Å². The molecule has 6 nitrogen and oxygen atoms in total. The van der Waals surface area contributed by atoms with Crippen LogP contribution >= 0.6 is 0 Å². The Hall–Kier alpha value is -2.61. The lowest BCUT2D eigenvalue weighted by atomic mass is 10.1. The number of carbonyl (C=O) groups excluding carboxylic acids is 1. The topological polar surface area (TPSA) is 60.9 Å². The van der Waals surface area contributed by atoms with Crippen molar-refractivity contribution < 1.29 is 17.6 Å². The van der Waals surface area contributed by atoms with Gasteiger partial charge in [-0.25, -0.2) is 12.8 Å². The predicted molar refractivity (Wildman–Crippen MR) is 113 cm³/mol. The minimum atomic E-state index is -3.60. The molecular weight excluding hydrogens is 393 g/mol. The summed E-state index contributed by atoms with van der Waals surface area (Å²) in [7, 11) is -3.60. The highest BCUT2D eigenvalue weighted by Crippen LogP contribution is 2.24. The number of hydrogen-bond donors (Lipinski definition) is 0. The molecule has 1 aliphatic heterocycles. The summed E-state index contributed by atoms with van der Waals surface area (Å²) in [5.41, 5.74) is 3.27. The zero-order chi connectivity index (χ0) is 21.2. The number of carbonyl (C=O) groups is 1. The van der Waals surface area contributed by atoms with E-state index in [2.05, 4.69) is 4.90 Å². The van der Waals surface area contributed by atoms with Gasteiger partial charge in [0, 0.05) is 31.9 Å². The van der Waals surface area contributed by atoms with E-state index < -0.39 is 10.0 Å². The third-order valence-corrected chi connectivity index (χ3v) is 6.25. The number of piperazine rings is 1. The van der Waals surface area contributed by atoms with Crippen LogP contribution in [0.4, 0.5) is 15.8 Å². The molecule has 2 aromatic rings. The highest BCUT2D eigenvalue weighted by molar-refractivity contribution is 7.92. The van der Waals surface area contributed by atoms with Crippen molar-refractivity contribution in [3.05, 3.63) is 59.4 Å². The second-order valence-electron chi connectivity index (χ2n) is 7.40. The first-order chi connectivity index (χ1) is 13.6. The van der Waals surface area contributed by atoms with Gasteiger partial charge in [-0.05, 0) is 49.7 Å². The van der Waals surface area contributed by atoms with Gasteiger partial charge >= 0.3 is 0 Å². The summed E-state index contributed by atoms with van der Waals surface area (Å²) >= 11 is 0. The van der Waals surface area contributed by atoms with Gasteiger partial charge in [-0.3, -0.25) is 9.10 Å². The highest BCUT2D eigenvalue weighted by atomic mass is 32.2. The number of nitrogens with zero attached hydrogens (tertiary/aromatic N) is 3. The molecule has 0 aromatic heterocycles. The molecule has 1 heterocycles. The van der Waals surface area contributed by atoms with Gasteiger partial charge in [-0.1, -0.05) is 17.7 Å². The number of rotatable bonds is 5. The Bertz CT molecular complexity index is 985. The molecule has 0 unspecified atom stereocenters. The van der Waals surface area contributed by atoms with Crippen molar-refractivity contribution in [1.29, 1.82) is 0 Å². The van der Waals surface area contributed by atoms with Gasteiger partial charge in [0.25, 0.3) is 0 Å². The maximum atomic E-state index is 13.1. The molecule has 1 fully saturated rings. The van der Waals surface area contributed by atoms with Crippen molar-refractivity contribution in [2.24, 2.45) is 0 Å². The molecule has 156 valence electrons. The van der Waals surface area contributed by atoms with E-state index in [0.717, 1.165) is 23.1 Å². The summed E-state index contributed by atoms with van der Waals surface area (Å²) in [6.45, 7) is 5.75. The second-order valence-corrected chi connectivity index (χ2v) is 9.31. The number of sulfonamides is 1.